The van der Waals surface area contributed by atoms with Gasteiger partial charge in [-0.1, -0.05) is 0 Å². The number of nitrogens with one attached hydrogen (secondary N) is 1. The summed E-state index contributed by atoms with van der Waals surface area (Å²) in [5.41, 5.74) is 2.53. The first-order valence-corrected chi connectivity index (χ1v) is 4.65. The van der Waals surface area contributed by atoms with Crippen molar-refractivity contribution < 1.29 is 4.79 Å². The third kappa shape index (κ3) is 1.79. The summed E-state index contributed by atoms with van der Waals surface area (Å²) >= 11 is 0. The number of aryl methyl sites for hydroxylation is 1. The van der Waals surface area contributed by atoms with E-state index >= 15 is 0 Å². The highest BCUT2D eigenvalue weighted by Crippen LogP contribution is 2.18. The zero-order valence-corrected chi connectivity index (χ0v) is 8.61. The quantitative estimate of drug-likeness (QED) is 0.756. The predicted molar refractivity (Wildman–Crippen MR) is 56.6 cm³/mol. The summed E-state index contributed by atoms with van der Waals surface area (Å²) in [4.78, 5) is 22.2. The van der Waals surface area contributed by atoms with Gasteiger partial charge in [-0.2, -0.15) is 0 Å². The van der Waals surface area contributed by atoms with Gasteiger partial charge in [0.15, 0.2) is 5.78 Å². The van der Waals surface area contributed by atoms with Gasteiger partial charge in [-0.25, -0.2) is 4.98 Å². The Morgan fingerprint density at radius 3 is 2.80 bits per heavy atom. The molecular weight excluding hydrogens is 190 g/mol. The fourth-order valence-corrected chi connectivity index (χ4v) is 1.38. The molecule has 4 heteroatoms. The van der Waals surface area contributed by atoms with Crippen molar-refractivity contribution in [1.29, 1.82) is 0 Å². The van der Waals surface area contributed by atoms with Crippen LogP contribution in [-0.4, -0.2) is 20.7 Å². The SMILES string of the molecule is CC(=O)c1cnc(-c2ccncc2C)[nH]1. The van der Waals surface area contributed by atoms with E-state index in [4.69, 9.17) is 0 Å². The molecule has 2 aromatic rings. The Labute approximate surface area is 87.4 Å². The minimum atomic E-state index is -0.0135. The van der Waals surface area contributed by atoms with E-state index in [0.717, 1.165) is 11.1 Å². The molecule has 2 heterocycles. The minimum Gasteiger partial charge on any atom is -0.336 e. The van der Waals surface area contributed by atoms with E-state index < -0.39 is 0 Å². The third-order valence-electron chi connectivity index (χ3n) is 2.23. The smallest absolute Gasteiger partial charge is 0.177 e. The summed E-state index contributed by atoms with van der Waals surface area (Å²) in [6.07, 6.45) is 5.03. The van der Waals surface area contributed by atoms with Gasteiger partial charge in [-0.05, 0) is 18.6 Å². The van der Waals surface area contributed by atoms with Crippen LogP contribution in [-0.2, 0) is 0 Å². The molecule has 1 N–H and O–H groups in total. The van der Waals surface area contributed by atoms with Gasteiger partial charge < -0.3 is 4.98 Å². The van der Waals surface area contributed by atoms with Crippen molar-refractivity contribution in [1.82, 2.24) is 15.0 Å². The van der Waals surface area contributed by atoms with E-state index in [-0.39, 0.29) is 5.78 Å². The standard InChI is InChI=1S/C11H11N3O/c1-7-5-12-4-3-9(7)11-13-6-10(14-11)8(2)15/h3-6H,1-2H3,(H,13,14). The first-order chi connectivity index (χ1) is 7.18. The van der Waals surface area contributed by atoms with Crippen molar-refractivity contribution in [3.05, 3.63) is 35.9 Å². The molecule has 0 fully saturated rings. The Morgan fingerprint density at radius 2 is 2.20 bits per heavy atom. The molecule has 0 saturated carbocycles. The molecule has 15 heavy (non-hydrogen) atoms. The lowest BCUT2D eigenvalue weighted by Gasteiger charge is -1.99. The number of Topliss-reactive ketones (excluding diaryl/α,β-unsaturated/α-hetero) is 1. The van der Waals surface area contributed by atoms with Crippen LogP contribution < -0.4 is 0 Å². The van der Waals surface area contributed by atoms with Gasteiger partial charge in [0.25, 0.3) is 0 Å². The van der Waals surface area contributed by atoms with Crippen LogP contribution in [0.3, 0.4) is 0 Å². The Morgan fingerprint density at radius 1 is 1.40 bits per heavy atom. The number of carbonyl (C=O) groups excluding carboxylic acids is 1. The number of H-pyrrole nitrogens is 1. The second-order valence-electron chi connectivity index (χ2n) is 3.39. The van der Waals surface area contributed by atoms with E-state index in [9.17, 15) is 4.79 Å². The zero-order valence-electron chi connectivity index (χ0n) is 8.61. The maximum atomic E-state index is 11.1. The lowest BCUT2D eigenvalue weighted by atomic mass is 10.1. The van der Waals surface area contributed by atoms with Crippen molar-refractivity contribution in [2.45, 2.75) is 13.8 Å². The lowest BCUT2D eigenvalue weighted by Crippen LogP contribution is -1.92. The number of hydrogen-bond donors (Lipinski definition) is 1. The second-order valence-corrected chi connectivity index (χ2v) is 3.39. The largest absolute Gasteiger partial charge is 0.336 e. The molecular formula is C11H11N3O. The van der Waals surface area contributed by atoms with Gasteiger partial charge in [0.05, 0.1) is 6.20 Å². The van der Waals surface area contributed by atoms with Crippen LogP contribution in [0.25, 0.3) is 11.4 Å². The topological polar surface area (TPSA) is 58.6 Å². The molecule has 0 unspecified atom stereocenters. The summed E-state index contributed by atoms with van der Waals surface area (Å²) in [7, 11) is 0. The molecule has 2 rings (SSSR count). The van der Waals surface area contributed by atoms with Crippen LogP contribution in [0.2, 0.25) is 0 Å². The molecule has 0 radical (unpaired) electrons. The number of pyridine rings is 1. The van der Waals surface area contributed by atoms with Crippen LogP contribution in [0.15, 0.2) is 24.7 Å². The molecule has 76 valence electrons. The highest BCUT2D eigenvalue weighted by atomic mass is 16.1. The van der Waals surface area contributed by atoms with Crippen molar-refractivity contribution in [3.63, 3.8) is 0 Å². The van der Waals surface area contributed by atoms with Crippen LogP contribution >= 0.6 is 0 Å². The van der Waals surface area contributed by atoms with Crippen molar-refractivity contribution in [2.75, 3.05) is 0 Å². The molecule has 0 saturated heterocycles. The van der Waals surface area contributed by atoms with Gasteiger partial charge in [0, 0.05) is 24.9 Å². The van der Waals surface area contributed by atoms with Gasteiger partial charge in [-0.15, -0.1) is 0 Å². The Balaban J connectivity index is 2.46. The molecule has 4 nitrogen and oxygen atoms in total. The van der Waals surface area contributed by atoms with Crippen LogP contribution in [0.5, 0.6) is 0 Å². The van der Waals surface area contributed by atoms with Crippen molar-refractivity contribution in [2.24, 2.45) is 0 Å². The maximum absolute atomic E-state index is 11.1. The average Bonchev–Trinajstić information content (AvgIpc) is 2.67. The first-order valence-electron chi connectivity index (χ1n) is 4.65. The van der Waals surface area contributed by atoms with E-state index in [1.807, 2.05) is 13.0 Å². The summed E-state index contributed by atoms with van der Waals surface area (Å²) in [5.74, 6) is 0.695. The molecule has 0 bridgehead atoms. The fourth-order valence-electron chi connectivity index (χ4n) is 1.38. The molecule has 0 aliphatic heterocycles. The number of imidazole rings is 1. The van der Waals surface area contributed by atoms with Crippen LogP contribution in [0.4, 0.5) is 0 Å². The zero-order chi connectivity index (χ0) is 10.8. The predicted octanol–water partition coefficient (Wildman–Crippen LogP) is 1.98. The number of carbonyl (C=O) groups is 1. The highest BCUT2D eigenvalue weighted by Gasteiger charge is 2.08. The van der Waals surface area contributed by atoms with E-state index in [0.29, 0.717) is 11.5 Å². The first kappa shape index (κ1) is 9.58. The summed E-state index contributed by atoms with van der Waals surface area (Å²) in [6, 6.07) is 1.87. The fraction of sp³-hybridized carbons (Fsp3) is 0.182. The molecule has 0 aliphatic rings. The highest BCUT2D eigenvalue weighted by molar-refractivity contribution is 5.92. The normalized spacial score (nSPS) is 10.3. The number of aromatic amines is 1. The third-order valence-corrected chi connectivity index (χ3v) is 2.23. The van der Waals surface area contributed by atoms with Crippen LogP contribution in [0.1, 0.15) is 23.0 Å². The monoisotopic (exact) mass is 201 g/mol. The minimum absolute atomic E-state index is 0.0135. The van der Waals surface area contributed by atoms with Gasteiger partial charge in [0.2, 0.25) is 0 Å². The van der Waals surface area contributed by atoms with Crippen LogP contribution in [0, 0.1) is 6.92 Å². The lowest BCUT2D eigenvalue weighted by molar-refractivity contribution is 0.101. The number of ketones is 1. The van der Waals surface area contributed by atoms with Gasteiger partial charge in [-0.3, -0.25) is 9.78 Å². The van der Waals surface area contributed by atoms with Crippen molar-refractivity contribution >= 4 is 5.78 Å². The Hall–Kier alpha value is -1.97. The van der Waals surface area contributed by atoms with Gasteiger partial charge >= 0.3 is 0 Å². The molecule has 2 aromatic heterocycles. The molecule has 0 aliphatic carbocycles. The molecule has 0 atom stereocenters. The maximum Gasteiger partial charge on any atom is 0.177 e. The van der Waals surface area contributed by atoms with E-state index in [1.165, 1.54) is 6.92 Å². The Kier molecular flexibility index (Phi) is 2.33. The van der Waals surface area contributed by atoms with E-state index in [2.05, 4.69) is 15.0 Å². The average molecular weight is 201 g/mol. The molecule has 0 spiro atoms. The number of aromatic nitrogens is 3. The number of nitrogens with zero attached hydrogens (tertiary/aromatic N) is 2. The van der Waals surface area contributed by atoms with E-state index in [1.54, 1.807) is 18.6 Å². The summed E-state index contributed by atoms with van der Waals surface area (Å²) in [5, 5.41) is 0. The Bertz CT molecular complexity index is 502. The molecule has 0 amide bonds. The van der Waals surface area contributed by atoms with Gasteiger partial charge in [0.1, 0.15) is 11.5 Å². The number of rotatable bonds is 2. The second kappa shape index (κ2) is 3.65. The van der Waals surface area contributed by atoms with Crippen molar-refractivity contribution in [3.8, 4) is 11.4 Å². The molecule has 0 aromatic carbocycles. The summed E-state index contributed by atoms with van der Waals surface area (Å²) in [6.45, 7) is 3.47. The summed E-state index contributed by atoms with van der Waals surface area (Å²) < 4.78 is 0. The number of hydrogen-bond acceptors (Lipinski definition) is 3.